The summed E-state index contributed by atoms with van der Waals surface area (Å²) in [5, 5.41) is 6.83. The smallest absolute Gasteiger partial charge is 0.191 e. The molecule has 24 heavy (non-hydrogen) atoms. The first-order valence-electron chi connectivity index (χ1n) is 9.31. The fraction of sp³-hybridized carbons (Fsp3) is 0.944. The third-order valence-electron chi connectivity index (χ3n) is 5.04. The Balaban J connectivity index is 0.00000288. The molecule has 2 saturated heterocycles. The van der Waals surface area contributed by atoms with Gasteiger partial charge >= 0.3 is 0 Å². The molecule has 0 aromatic heterocycles. The number of guanidine groups is 1. The Morgan fingerprint density at radius 3 is 2.54 bits per heavy atom. The minimum Gasteiger partial charge on any atom is -0.373 e. The summed E-state index contributed by atoms with van der Waals surface area (Å²) in [5.41, 5.74) is -0.0301. The van der Waals surface area contributed by atoms with Crippen molar-refractivity contribution in [3.05, 3.63) is 0 Å². The predicted molar refractivity (Wildman–Crippen MR) is 112 cm³/mol. The summed E-state index contributed by atoms with van der Waals surface area (Å²) >= 11 is 0. The number of likely N-dealkylation sites (tertiary alicyclic amines) is 1. The summed E-state index contributed by atoms with van der Waals surface area (Å²) in [6.45, 7) is 13.3. The van der Waals surface area contributed by atoms with Gasteiger partial charge in [0.25, 0.3) is 0 Å². The average Bonchev–Trinajstić information content (AvgIpc) is 2.93. The van der Waals surface area contributed by atoms with Gasteiger partial charge in [0, 0.05) is 39.8 Å². The molecule has 0 aromatic rings. The quantitative estimate of drug-likeness (QED) is 0.282. The highest BCUT2D eigenvalue weighted by Gasteiger charge is 2.29. The number of hydrogen-bond donors (Lipinski definition) is 2. The molecule has 0 aliphatic carbocycles. The molecule has 0 amide bonds. The van der Waals surface area contributed by atoms with Crippen LogP contribution in [-0.4, -0.2) is 62.8 Å². The van der Waals surface area contributed by atoms with Gasteiger partial charge in [-0.05, 0) is 51.0 Å². The van der Waals surface area contributed by atoms with E-state index in [0.717, 1.165) is 56.8 Å². The summed E-state index contributed by atoms with van der Waals surface area (Å²) in [4.78, 5) is 6.93. The van der Waals surface area contributed by atoms with Gasteiger partial charge in [0.05, 0.1) is 5.60 Å². The maximum Gasteiger partial charge on any atom is 0.191 e. The maximum absolute atomic E-state index is 5.81. The Bertz CT molecular complexity index is 375. The summed E-state index contributed by atoms with van der Waals surface area (Å²) in [5.74, 6) is 2.57. The van der Waals surface area contributed by atoms with Crippen molar-refractivity contribution in [1.82, 2.24) is 15.5 Å². The molecule has 142 valence electrons. The van der Waals surface area contributed by atoms with Gasteiger partial charge in [-0.3, -0.25) is 4.99 Å². The van der Waals surface area contributed by atoms with Crippen molar-refractivity contribution in [1.29, 1.82) is 0 Å². The van der Waals surface area contributed by atoms with Crippen LogP contribution in [0.25, 0.3) is 0 Å². The Kier molecular flexibility index (Phi) is 9.89. The molecule has 5 nitrogen and oxygen atoms in total. The number of halogens is 1. The van der Waals surface area contributed by atoms with Gasteiger partial charge in [0.1, 0.15) is 0 Å². The summed E-state index contributed by atoms with van der Waals surface area (Å²) < 4.78 is 5.81. The summed E-state index contributed by atoms with van der Waals surface area (Å²) in [7, 11) is 1.83. The van der Waals surface area contributed by atoms with Crippen molar-refractivity contribution in [2.45, 2.75) is 52.1 Å². The topological polar surface area (TPSA) is 48.9 Å². The van der Waals surface area contributed by atoms with E-state index in [9.17, 15) is 0 Å². The van der Waals surface area contributed by atoms with Crippen LogP contribution >= 0.6 is 24.0 Å². The first kappa shape index (κ1) is 22.0. The average molecular weight is 452 g/mol. The van der Waals surface area contributed by atoms with E-state index in [0.29, 0.717) is 0 Å². The third-order valence-corrected chi connectivity index (χ3v) is 5.04. The van der Waals surface area contributed by atoms with Crippen LogP contribution in [0.1, 0.15) is 46.5 Å². The predicted octanol–water partition coefficient (Wildman–Crippen LogP) is 2.71. The zero-order valence-corrected chi connectivity index (χ0v) is 18.3. The fourth-order valence-corrected chi connectivity index (χ4v) is 3.95. The zero-order chi connectivity index (χ0) is 16.7. The van der Waals surface area contributed by atoms with Gasteiger partial charge in [0.15, 0.2) is 5.96 Å². The SMILES string of the molecule is CN=C(NCCCN1CC(C)CC(C)C1)NCC1(C)CCCO1.I. The lowest BCUT2D eigenvalue weighted by molar-refractivity contribution is 0.0243. The minimum absolute atomic E-state index is 0. The monoisotopic (exact) mass is 452 g/mol. The number of nitrogens with zero attached hydrogens (tertiary/aromatic N) is 2. The second-order valence-electron chi connectivity index (χ2n) is 7.81. The van der Waals surface area contributed by atoms with Gasteiger partial charge < -0.3 is 20.3 Å². The first-order chi connectivity index (χ1) is 11.0. The van der Waals surface area contributed by atoms with Crippen molar-refractivity contribution in [3.8, 4) is 0 Å². The normalized spacial score (nSPS) is 31.6. The number of aliphatic imine (C=N–C) groups is 1. The Hall–Kier alpha value is -0.0800. The van der Waals surface area contributed by atoms with E-state index >= 15 is 0 Å². The second kappa shape index (κ2) is 10.8. The van der Waals surface area contributed by atoms with Crippen LogP contribution in [0.3, 0.4) is 0 Å². The minimum atomic E-state index is -0.0301. The van der Waals surface area contributed by atoms with Gasteiger partial charge in [-0.15, -0.1) is 24.0 Å². The van der Waals surface area contributed by atoms with Crippen molar-refractivity contribution in [2.24, 2.45) is 16.8 Å². The van der Waals surface area contributed by atoms with Crippen molar-refractivity contribution >= 4 is 29.9 Å². The van der Waals surface area contributed by atoms with E-state index in [2.05, 4.69) is 41.3 Å². The molecule has 3 atom stereocenters. The Morgan fingerprint density at radius 1 is 1.25 bits per heavy atom. The molecular weight excluding hydrogens is 415 g/mol. The summed E-state index contributed by atoms with van der Waals surface area (Å²) in [6.07, 6.45) is 4.83. The Morgan fingerprint density at radius 2 is 1.96 bits per heavy atom. The summed E-state index contributed by atoms with van der Waals surface area (Å²) in [6, 6.07) is 0. The van der Waals surface area contributed by atoms with Crippen molar-refractivity contribution in [3.63, 3.8) is 0 Å². The van der Waals surface area contributed by atoms with Crippen LogP contribution in [0.15, 0.2) is 4.99 Å². The molecule has 0 bridgehead atoms. The van der Waals surface area contributed by atoms with E-state index in [1.807, 2.05) is 7.05 Å². The van der Waals surface area contributed by atoms with Crippen LogP contribution in [-0.2, 0) is 4.74 Å². The van der Waals surface area contributed by atoms with Crippen molar-refractivity contribution < 1.29 is 4.74 Å². The van der Waals surface area contributed by atoms with E-state index in [4.69, 9.17) is 4.74 Å². The molecule has 0 saturated carbocycles. The molecule has 0 radical (unpaired) electrons. The van der Waals surface area contributed by atoms with E-state index < -0.39 is 0 Å². The second-order valence-corrected chi connectivity index (χ2v) is 7.81. The highest BCUT2D eigenvalue weighted by molar-refractivity contribution is 14.0. The zero-order valence-electron chi connectivity index (χ0n) is 15.9. The standard InChI is InChI=1S/C18H36N4O.HI/c1-15-11-16(2)13-22(12-15)9-6-8-20-17(19-4)21-14-18(3)7-5-10-23-18;/h15-16H,5-14H2,1-4H3,(H2,19,20,21);1H. The Labute approximate surface area is 165 Å². The molecule has 2 rings (SSSR count). The molecular formula is C18H37IN4O. The largest absolute Gasteiger partial charge is 0.373 e. The number of ether oxygens (including phenoxy) is 1. The molecule has 2 aliphatic heterocycles. The highest BCUT2D eigenvalue weighted by atomic mass is 127. The highest BCUT2D eigenvalue weighted by Crippen LogP contribution is 2.23. The molecule has 2 aliphatic rings. The fourth-order valence-electron chi connectivity index (χ4n) is 3.95. The van der Waals surface area contributed by atoms with Gasteiger partial charge in [0.2, 0.25) is 0 Å². The number of nitrogens with one attached hydrogen (secondary N) is 2. The van der Waals surface area contributed by atoms with Crippen LogP contribution in [0.4, 0.5) is 0 Å². The lowest BCUT2D eigenvalue weighted by Crippen LogP contribution is -2.46. The molecule has 2 N–H and O–H groups in total. The van der Waals surface area contributed by atoms with Crippen LogP contribution < -0.4 is 10.6 Å². The first-order valence-corrected chi connectivity index (χ1v) is 9.31. The molecule has 3 unspecified atom stereocenters. The van der Waals surface area contributed by atoms with E-state index in [1.165, 1.54) is 26.1 Å². The van der Waals surface area contributed by atoms with E-state index in [-0.39, 0.29) is 29.6 Å². The van der Waals surface area contributed by atoms with Crippen LogP contribution in [0.2, 0.25) is 0 Å². The maximum atomic E-state index is 5.81. The molecule has 2 heterocycles. The van der Waals surface area contributed by atoms with E-state index in [1.54, 1.807) is 0 Å². The van der Waals surface area contributed by atoms with Crippen LogP contribution in [0, 0.1) is 11.8 Å². The van der Waals surface area contributed by atoms with Crippen LogP contribution in [0.5, 0.6) is 0 Å². The van der Waals surface area contributed by atoms with Gasteiger partial charge in [-0.25, -0.2) is 0 Å². The van der Waals surface area contributed by atoms with Gasteiger partial charge in [-0.1, -0.05) is 13.8 Å². The molecule has 0 aromatic carbocycles. The number of piperidine rings is 1. The number of hydrogen-bond acceptors (Lipinski definition) is 3. The number of rotatable bonds is 6. The molecule has 0 spiro atoms. The van der Waals surface area contributed by atoms with Gasteiger partial charge in [-0.2, -0.15) is 0 Å². The molecule has 6 heteroatoms. The van der Waals surface area contributed by atoms with Crippen molar-refractivity contribution in [2.75, 3.05) is 46.4 Å². The third kappa shape index (κ3) is 7.44. The molecule has 2 fully saturated rings. The lowest BCUT2D eigenvalue weighted by atomic mass is 9.92. The lowest BCUT2D eigenvalue weighted by Gasteiger charge is -2.35.